The Kier molecular flexibility index (Phi) is 9.66. The molecule has 10 heteroatoms. The standard InChI is InChI=1S/C33H42N4O5S/c1-4-6-8-15-24-20-43-31(35-24)36-28(22-12-9-7-10-13-22)29(38)33(23-17-27(34-18-23)30(39)42-3)26-16-11-14-21(5-2)25(26)19-37(33)32(40)41/h4-5,11,14,16,20,22-23,27-28,34H,1-2,6-10,12-13,15,17-19H2,3H3,(H,35,36)(H,40,41)/t23?,27?,28-,33?/m0/s1. The van der Waals surface area contributed by atoms with Crippen LogP contribution < -0.4 is 10.6 Å². The van der Waals surface area contributed by atoms with Gasteiger partial charge in [-0.2, -0.15) is 0 Å². The first-order valence-electron chi connectivity index (χ1n) is 15.3. The van der Waals surface area contributed by atoms with E-state index in [1.165, 1.54) is 23.3 Å². The van der Waals surface area contributed by atoms with Gasteiger partial charge in [0.25, 0.3) is 0 Å². The van der Waals surface area contributed by atoms with E-state index in [9.17, 15) is 14.7 Å². The molecule has 1 saturated heterocycles. The highest BCUT2D eigenvalue weighted by Gasteiger charge is 2.62. The molecule has 3 aliphatic rings. The van der Waals surface area contributed by atoms with E-state index >= 15 is 4.79 Å². The Balaban J connectivity index is 1.61. The Morgan fingerprint density at radius 1 is 1.28 bits per heavy atom. The first kappa shape index (κ1) is 30.9. The fourth-order valence-electron chi connectivity index (χ4n) is 7.41. The molecular weight excluding hydrogens is 564 g/mol. The maximum atomic E-state index is 15.4. The quantitative estimate of drug-likeness (QED) is 0.158. The largest absolute Gasteiger partial charge is 0.468 e. The molecule has 43 heavy (non-hydrogen) atoms. The average molecular weight is 607 g/mol. The number of fused-ring (bicyclic) bond motifs is 1. The number of esters is 1. The minimum absolute atomic E-state index is 0.0271. The first-order chi connectivity index (χ1) is 20.8. The van der Waals surface area contributed by atoms with Crippen LogP contribution in [-0.2, 0) is 32.8 Å². The summed E-state index contributed by atoms with van der Waals surface area (Å²) in [6.07, 6.45) is 10.3. The summed E-state index contributed by atoms with van der Waals surface area (Å²) in [6.45, 7) is 8.13. The van der Waals surface area contributed by atoms with Crippen molar-refractivity contribution in [2.75, 3.05) is 19.0 Å². The number of ketones is 1. The van der Waals surface area contributed by atoms with E-state index in [1.807, 2.05) is 29.7 Å². The topological polar surface area (TPSA) is 121 Å². The number of ether oxygens (including phenoxy) is 1. The number of Topliss-reactive ketones (excluding diaryl/α,β-unsaturated/α-hetero) is 1. The summed E-state index contributed by atoms with van der Waals surface area (Å²) in [7, 11) is 1.34. The van der Waals surface area contributed by atoms with E-state index in [1.54, 1.807) is 6.08 Å². The fraction of sp³-hybridized carbons (Fsp3) is 0.515. The molecule has 0 radical (unpaired) electrons. The van der Waals surface area contributed by atoms with Gasteiger partial charge >= 0.3 is 12.1 Å². The van der Waals surface area contributed by atoms with Crippen molar-refractivity contribution in [3.8, 4) is 0 Å². The van der Waals surface area contributed by atoms with Gasteiger partial charge in [-0.1, -0.05) is 56.2 Å². The van der Waals surface area contributed by atoms with Crippen molar-refractivity contribution < 1.29 is 24.2 Å². The first-order valence-corrected chi connectivity index (χ1v) is 16.2. The molecule has 3 N–H and O–H groups in total. The number of aromatic nitrogens is 1. The molecule has 1 aromatic carbocycles. The van der Waals surface area contributed by atoms with E-state index in [4.69, 9.17) is 9.72 Å². The van der Waals surface area contributed by atoms with Gasteiger partial charge in [-0.15, -0.1) is 17.9 Å². The number of aryl methyl sites for hydroxylation is 1. The number of methoxy groups -OCH3 is 1. The smallest absolute Gasteiger partial charge is 0.408 e. The Labute approximate surface area is 257 Å². The highest BCUT2D eigenvalue weighted by atomic mass is 32.1. The second-order valence-corrected chi connectivity index (χ2v) is 12.7. The zero-order valence-electron chi connectivity index (χ0n) is 24.8. The monoisotopic (exact) mass is 606 g/mol. The number of thiazole rings is 1. The van der Waals surface area contributed by atoms with Gasteiger partial charge in [0.05, 0.1) is 25.4 Å². The molecule has 1 aromatic heterocycles. The van der Waals surface area contributed by atoms with Gasteiger partial charge in [0.1, 0.15) is 11.6 Å². The third-order valence-corrected chi connectivity index (χ3v) is 10.3. The zero-order valence-corrected chi connectivity index (χ0v) is 25.7. The number of hydrogen-bond donors (Lipinski definition) is 3. The third-order valence-electron chi connectivity index (χ3n) is 9.47. The molecule has 3 unspecified atom stereocenters. The number of hydrogen-bond acceptors (Lipinski definition) is 8. The van der Waals surface area contributed by atoms with Crippen LogP contribution in [0, 0.1) is 11.8 Å². The van der Waals surface area contributed by atoms with Crippen LogP contribution in [0.15, 0.2) is 42.8 Å². The minimum atomic E-state index is -1.50. The van der Waals surface area contributed by atoms with Crippen molar-refractivity contribution in [1.29, 1.82) is 0 Å². The van der Waals surface area contributed by atoms with Crippen LogP contribution in [0.4, 0.5) is 9.93 Å². The van der Waals surface area contributed by atoms with Gasteiger partial charge in [0.2, 0.25) is 0 Å². The number of amides is 1. The van der Waals surface area contributed by atoms with E-state index in [2.05, 4.69) is 23.8 Å². The maximum Gasteiger partial charge on any atom is 0.408 e. The summed E-state index contributed by atoms with van der Waals surface area (Å²) in [5.74, 6) is -1.05. The number of nitrogens with one attached hydrogen (secondary N) is 2. The van der Waals surface area contributed by atoms with E-state index < -0.39 is 35.6 Å². The zero-order chi connectivity index (χ0) is 30.6. The second kappa shape index (κ2) is 13.4. The molecule has 1 amide bonds. The molecule has 0 bridgehead atoms. The Hall–Kier alpha value is -3.50. The van der Waals surface area contributed by atoms with Crippen LogP contribution in [0.2, 0.25) is 0 Å². The van der Waals surface area contributed by atoms with Crippen LogP contribution in [0.3, 0.4) is 0 Å². The van der Waals surface area contributed by atoms with Crippen molar-refractivity contribution in [3.05, 3.63) is 65.2 Å². The lowest BCUT2D eigenvalue weighted by molar-refractivity contribution is -0.143. The number of carboxylic acid groups (broad SMARTS) is 1. The number of nitrogens with zero attached hydrogens (tertiary/aromatic N) is 2. The summed E-state index contributed by atoms with van der Waals surface area (Å²) in [5, 5.41) is 20.2. The molecule has 230 valence electrons. The number of anilines is 1. The molecular formula is C33H42N4O5S. The number of benzene rings is 1. The lowest BCUT2D eigenvalue weighted by Crippen LogP contribution is -2.61. The SMILES string of the molecule is C=CCCCc1csc(N[C@H](C(=O)C2(C3CNC(C(=O)OC)C3)c3cccc(C=C)c3CN2C(=O)O)C2CCCCC2)n1. The molecule has 0 spiro atoms. The van der Waals surface area contributed by atoms with Crippen LogP contribution in [0.5, 0.6) is 0 Å². The molecule has 2 aliphatic heterocycles. The Morgan fingerprint density at radius 2 is 2.07 bits per heavy atom. The van der Waals surface area contributed by atoms with Crippen molar-refractivity contribution in [2.45, 2.75) is 82.0 Å². The van der Waals surface area contributed by atoms with Crippen molar-refractivity contribution in [1.82, 2.24) is 15.2 Å². The number of allylic oxidation sites excluding steroid dienone is 1. The van der Waals surface area contributed by atoms with Gasteiger partial charge < -0.3 is 20.5 Å². The van der Waals surface area contributed by atoms with Crippen LogP contribution in [-0.4, -0.2) is 58.6 Å². The molecule has 1 aliphatic carbocycles. The highest BCUT2D eigenvalue weighted by Crippen LogP contribution is 2.51. The molecule has 2 fully saturated rings. The number of carbonyl (C=O) groups is 3. The van der Waals surface area contributed by atoms with E-state index in [-0.39, 0.29) is 24.7 Å². The minimum Gasteiger partial charge on any atom is -0.468 e. The number of unbranched alkanes of at least 4 members (excludes halogenated alkanes) is 1. The van der Waals surface area contributed by atoms with Crippen molar-refractivity contribution in [2.24, 2.45) is 11.8 Å². The maximum absolute atomic E-state index is 15.4. The molecule has 9 nitrogen and oxygen atoms in total. The molecule has 3 heterocycles. The Bertz CT molecular complexity index is 1370. The molecule has 2 aromatic rings. The predicted octanol–water partition coefficient (Wildman–Crippen LogP) is 5.76. The van der Waals surface area contributed by atoms with Crippen LogP contribution in [0.25, 0.3) is 6.08 Å². The summed E-state index contributed by atoms with van der Waals surface area (Å²) >= 11 is 1.48. The van der Waals surface area contributed by atoms with Gasteiger partial charge in [0, 0.05) is 17.8 Å². The molecule has 5 rings (SSSR count). The summed E-state index contributed by atoms with van der Waals surface area (Å²) in [5.41, 5.74) is 1.74. The summed E-state index contributed by atoms with van der Waals surface area (Å²) in [6, 6.07) is 4.37. The predicted molar refractivity (Wildman–Crippen MR) is 168 cm³/mol. The van der Waals surface area contributed by atoms with Gasteiger partial charge in [-0.25, -0.2) is 9.78 Å². The van der Waals surface area contributed by atoms with E-state index in [0.29, 0.717) is 17.2 Å². The number of carbonyl (C=O) groups excluding carboxylic acids is 2. The Morgan fingerprint density at radius 3 is 2.77 bits per heavy atom. The molecule has 1 saturated carbocycles. The lowest BCUT2D eigenvalue weighted by Gasteiger charge is -2.44. The van der Waals surface area contributed by atoms with Crippen molar-refractivity contribution >= 4 is 40.4 Å². The lowest BCUT2D eigenvalue weighted by atomic mass is 9.68. The van der Waals surface area contributed by atoms with Gasteiger partial charge in [0.15, 0.2) is 10.9 Å². The highest BCUT2D eigenvalue weighted by molar-refractivity contribution is 7.13. The van der Waals surface area contributed by atoms with Crippen LogP contribution >= 0.6 is 11.3 Å². The number of rotatable bonds is 12. The molecule has 4 atom stereocenters. The summed E-state index contributed by atoms with van der Waals surface area (Å²) in [4.78, 5) is 47.3. The van der Waals surface area contributed by atoms with Gasteiger partial charge in [-0.3, -0.25) is 14.5 Å². The average Bonchev–Trinajstić information content (AvgIpc) is 3.77. The van der Waals surface area contributed by atoms with E-state index in [0.717, 1.165) is 68.2 Å². The summed E-state index contributed by atoms with van der Waals surface area (Å²) < 4.78 is 5.02. The normalized spacial score (nSPS) is 24.3. The fourth-order valence-corrected chi connectivity index (χ4v) is 8.19. The van der Waals surface area contributed by atoms with Crippen molar-refractivity contribution in [3.63, 3.8) is 0 Å². The van der Waals surface area contributed by atoms with Gasteiger partial charge in [-0.05, 0) is 61.1 Å². The second-order valence-electron chi connectivity index (χ2n) is 11.8. The third kappa shape index (κ3) is 5.87. The van der Waals surface area contributed by atoms with Crippen LogP contribution in [0.1, 0.15) is 73.8 Å².